The van der Waals surface area contributed by atoms with Gasteiger partial charge < -0.3 is 0 Å². The molecule has 1 atom stereocenters. The number of anilines is 1. The predicted octanol–water partition coefficient (Wildman–Crippen LogP) is 5.63. The van der Waals surface area contributed by atoms with E-state index in [0.29, 0.717) is 24.1 Å². The van der Waals surface area contributed by atoms with Crippen molar-refractivity contribution in [2.75, 3.05) is 4.72 Å². The number of rotatable bonds is 5. The second-order valence-electron chi connectivity index (χ2n) is 8.72. The molecule has 0 fully saturated rings. The summed E-state index contributed by atoms with van der Waals surface area (Å²) in [6.45, 7) is 1.99. The Hall–Kier alpha value is -3.44. The second-order valence-corrected chi connectivity index (χ2v) is 10.4. The highest BCUT2D eigenvalue weighted by Crippen LogP contribution is 2.40. The van der Waals surface area contributed by atoms with Gasteiger partial charge >= 0.3 is 0 Å². The second kappa shape index (κ2) is 7.61. The minimum atomic E-state index is -3.78. The Bertz CT molecular complexity index is 1440. The van der Waals surface area contributed by atoms with Crippen LogP contribution in [0.1, 0.15) is 28.4 Å². The van der Waals surface area contributed by atoms with Crippen LogP contribution in [0.5, 0.6) is 0 Å². The molecule has 160 valence electrons. The lowest BCUT2D eigenvalue weighted by atomic mass is 9.80. The fourth-order valence-corrected chi connectivity index (χ4v) is 5.65. The lowest BCUT2D eigenvalue weighted by Crippen LogP contribution is -2.26. The lowest BCUT2D eigenvalue weighted by Gasteiger charge is -2.21. The van der Waals surface area contributed by atoms with E-state index in [1.165, 1.54) is 0 Å². The van der Waals surface area contributed by atoms with Crippen LogP contribution in [0.3, 0.4) is 0 Å². The first-order chi connectivity index (χ1) is 15.3. The molecule has 1 N–H and O–H groups in total. The highest BCUT2D eigenvalue weighted by Gasteiger charge is 2.41. The van der Waals surface area contributed by atoms with Gasteiger partial charge in [-0.1, -0.05) is 73.7 Å². The molecular formula is C27H23NO3S. The number of carbonyl (C=O) groups excluding carboxylic acids is 1. The molecule has 1 aliphatic carbocycles. The van der Waals surface area contributed by atoms with Crippen LogP contribution in [-0.2, 0) is 22.9 Å². The molecule has 5 rings (SSSR count). The molecule has 32 heavy (non-hydrogen) atoms. The zero-order valence-electron chi connectivity index (χ0n) is 17.7. The van der Waals surface area contributed by atoms with Gasteiger partial charge in [0.1, 0.15) is 0 Å². The minimum Gasteiger partial charge on any atom is -0.294 e. The third-order valence-corrected chi connectivity index (χ3v) is 7.58. The monoisotopic (exact) mass is 441 g/mol. The molecule has 0 radical (unpaired) electrons. The molecule has 4 nitrogen and oxygen atoms in total. The van der Waals surface area contributed by atoms with Crippen molar-refractivity contribution in [3.05, 3.63) is 108 Å². The Morgan fingerprint density at radius 3 is 2.34 bits per heavy atom. The average Bonchev–Trinajstić information content (AvgIpc) is 3.03. The van der Waals surface area contributed by atoms with Gasteiger partial charge in [-0.05, 0) is 59.0 Å². The van der Waals surface area contributed by atoms with E-state index in [4.69, 9.17) is 0 Å². The van der Waals surface area contributed by atoms with Crippen LogP contribution in [-0.4, -0.2) is 14.2 Å². The Balaban J connectivity index is 1.41. The highest BCUT2D eigenvalue weighted by atomic mass is 32.2. The summed E-state index contributed by atoms with van der Waals surface area (Å²) in [6, 6.07) is 27.9. The first kappa shape index (κ1) is 20.5. The quantitative estimate of drug-likeness (QED) is 0.437. The molecule has 1 aliphatic rings. The van der Waals surface area contributed by atoms with E-state index in [1.54, 1.807) is 30.3 Å². The maximum Gasteiger partial charge on any atom is 0.261 e. The molecule has 0 heterocycles. The summed E-state index contributed by atoms with van der Waals surface area (Å²) in [5.41, 5.74) is 2.55. The Morgan fingerprint density at radius 2 is 1.56 bits per heavy atom. The van der Waals surface area contributed by atoms with Crippen molar-refractivity contribution in [2.24, 2.45) is 5.41 Å². The first-order valence-electron chi connectivity index (χ1n) is 10.6. The van der Waals surface area contributed by atoms with E-state index in [2.05, 4.69) is 4.72 Å². The predicted molar refractivity (Wildman–Crippen MR) is 127 cm³/mol. The SMILES string of the molecule is CC1(Cc2ccccc2)Cc2ccc(NS(=O)(=O)c3ccc4ccccc4c3)cc2C1=O. The van der Waals surface area contributed by atoms with Crippen molar-refractivity contribution >= 4 is 32.3 Å². The molecule has 4 aromatic carbocycles. The summed E-state index contributed by atoms with van der Waals surface area (Å²) in [4.78, 5) is 13.5. The van der Waals surface area contributed by atoms with Crippen LogP contribution in [0.4, 0.5) is 5.69 Å². The van der Waals surface area contributed by atoms with Crippen molar-refractivity contribution in [3.63, 3.8) is 0 Å². The molecule has 0 bridgehead atoms. The van der Waals surface area contributed by atoms with Crippen LogP contribution in [0.15, 0.2) is 95.9 Å². The number of sulfonamides is 1. The van der Waals surface area contributed by atoms with Crippen molar-refractivity contribution in [1.82, 2.24) is 0 Å². The normalized spacial score (nSPS) is 18.0. The minimum absolute atomic E-state index is 0.0584. The number of hydrogen-bond acceptors (Lipinski definition) is 3. The van der Waals surface area contributed by atoms with E-state index >= 15 is 0 Å². The molecule has 0 spiro atoms. The van der Waals surface area contributed by atoms with Crippen LogP contribution >= 0.6 is 0 Å². The summed E-state index contributed by atoms with van der Waals surface area (Å²) >= 11 is 0. The average molecular weight is 442 g/mol. The smallest absolute Gasteiger partial charge is 0.261 e. The lowest BCUT2D eigenvalue weighted by molar-refractivity contribution is 0.0842. The molecule has 0 saturated carbocycles. The van der Waals surface area contributed by atoms with E-state index in [9.17, 15) is 13.2 Å². The number of hydrogen-bond donors (Lipinski definition) is 1. The van der Waals surface area contributed by atoms with Crippen molar-refractivity contribution in [3.8, 4) is 0 Å². The Morgan fingerprint density at radius 1 is 0.844 bits per heavy atom. The largest absolute Gasteiger partial charge is 0.294 e. The Kier molecular flexibility index (Phi) is 4.86. The maximum atomic E-state index is 13.3. The van der Waals surface area contributed by atoms with E-state index in [1.807, 2.05) is 67.6 Å². The van der Waals surface area contributed by atoms with Gasteiger partial charge in [-0.3, -0.25) is 9.52 Å². The van der Waals surface area contributed by atoms with Gasteiger partial charge in [0.05, 0.1) is 4.90 Å². The van der Waals surface area contributed by atoms with Gasteiger partial charge in [0.2, 0.25) is 0 Å². The maximum absolute atomic E-state index is 13.3. The van der Waals surface area contributed by atoms with E-state index < -0.39 is 15.4 Å². The summed E-state index contributed by atoms with van der Waals surface area (Å²) in [5.74, 6) is 0.0584. The number of ketones is 1. The summed E-state index contributed by atoms with van der Waals surface area (Å²) in [7, 11) is -3.78. The molecule has 0 aromatic heterocycles. The van der Waals surface area contributed by atoms with Crippen LogP contribution in [0.2, 0.25) is 0 Å². The van der Waals surface area contributed by atoms with Crippen molar-refractivity contribution < 1.29 is 13.2 Å². The van der Waals surface area contributed by atoms with E-state index in [-0.39, 0.29) is 10.7 Å². The molecule has 4 aromatic rings. The molecule has 0 amide bonds. The first-order valence-corrected chi connectivity index (χ1v) is 12.1. The Labute approximate surface area is 188 Å². The summed E-state index contributed by atoms with van der Waals surface area (Å²) in [6.07, 6.45) is 1.30. The zero-order chi connectivity index (χ0) is 22.3. The van der Waals surface area contributed by atoms with Gasteiger partial charge in [-0.25, -0.2) is 8.42 Å². The summed E-state index contributed by atoms with van der Waals surface area (Å²) < 4.78 is 28.6. The number of carbonyl (C=O) groups is 1. The molecule has 1 unspecified atom stereocenters. The summed E-state index contributed by atoms with van der Waals surface area (Å²) in [5, 5.41) is 1.84. The van der Waals surface area contributed by atoms with Gasteiger partial charge in [-0.2, -0.15) is 0 Å². The highest BCUT2D eigenvalue weighted by molar-refractivity contribution is 7.92. The van der Waals surface area contributed by atoms with Gasteiger partial charge in [0.15, 0.2) is 5.78 Å². The zero-order valence-corrected chi connectivity index (χ0v) is 18.5. The van der Waals surface area contributed by atoms with Crippen LogP contribution < -0.4 is 4.72 Å². The topological polar surface area (TPSA) is 63.2 Å². The molecule has 0 saturated heterocycles. The standard InChI is InChI=1S/C27H23NO3S/c1-27(17-19-7-3-2-4-8-19)18-22-11-13-23(16-25(22)26(27)29)28-32(30,31)24-14-12-20-9-5-6-10-21(20)15-24/h2-16,28H,17-18H2,1H3. The van der Waals surface area contributed by atoms with Gasteiger partial charge in [0, 0.05) is 16.7 Å². The van der Waals surface area contributed by atoms with Crippen molar-refractivity contribution in [2.45, 2.75) is 24.7 Å². The number of fused-ring (bicyclic) bond motifs is 2. The van der Waals surface area contributed by atoms with E-state index in [0.717, 1.165) is 21.9 Å². The molecule has 5 heteroatoms. The molecule has 0 aliphatic heterocycles. The van der Waals surface area contributed by atoms with Crippen LogP contribution in [0, 0.1) is 5.41 Å². The van der Waals surface area contributed by atoms with Crippen LogP contribution in [0.25, 0.3) is 10.8 Å². The molecular weight excluding hydrogens is 418 g/mol. The number of Topliss-reactive ketones (excluding diaryl/α,β-unsaturated/α-hetero) is 1. The van der Waals surface area contributed by atoms with Gasteiger partial charge in [-0.15, -0.1) is 0 Å². The van der Waals surface area contributed by atoms with Crippen molar-refractivity contribution in [1.29, 1.82) is 0 Å². The third kappa shape index (κ3) is 3.69. The number of nitrogens with one attached hydrogen (secondary N) is 1. The third-order valence-electron chi connectivity index (χ3n) is 6.20. The fraction of sp³-hybridized carbons (Fsp3) is 0.148. The fourth-order valence-electron chi connectivity index (χ4n) is 4.57. The number of benzene rings is 4. The van der Waals surface area contributed by atoms with Gasteiger partial charge in [0.25, 0.3) is 10.0 Å².